The molecule has 0 amide bonds. The molecule has 0 bridgehead atoms. The Balaban J connectivity index is 2.61. The van der Waals surface area contributed by atoms with Gasteiger partial charge in [0.25, 0.3) is 0 Å². The lowest BCUT2D eigenvalue weighted by molar-refractivity contribution is 0.111. The second-order valence-corrected chi connectivity index (χ2v) is 4.53. The number of ether oxygens (including phenoxy) is 1. The number of nitrogens with zero attached hydrogens (tertiary/aromatic N) is 1. The molecule has 3 heteroatoms. The van der Waals surface area contributed by atoms with E-state index in [0.29, 0.717) is 0 Å². The summed E-state index contributed by atoms with van der Waals surface area (Å²) in [6.45, 7) is 5.96. The Kier molecular flexibility index (Phi) is 2.92. The Morgan fingerprint density at radius 3 is 2.65 bits per heavy atom. The lowest BCUT2D eigenvalue weighted by atomic mass is 10.1. The molecule has 1 heterocycles. The highest BCUT2D eigenvalue weighted by Crippen LogP contribution is 2.27. The molecule has 2 aromatic rings. The van der Waals surface area contributed by atoms with Crippen LogP contribution in [-0.4, -0.2) is 17.0 Å². The molecule has 0 spiro atoms. The number of hydrogen-bond acceptors (Lipinski definition) is 2. The fraction of sp³-hybridized carbons (Fsp3) is 0.357. The number of carbonyl (C=O) groups excluding carboxylic acids is 1. The average molecular weight is 231 g/mol. The van der Waals surface area contributed by atoms with Gasteiger partial charge in [0.15, 0.2) is 6.29 Å². The first-order chi connectivity index (χ1) is 8.04. The number of fused-ring (bicyclic) bond motifs is 1. The highest BCUT2D eigenvalue weighted by molar-refractivity contribution is 5.93. The molecule has 2 rings (SSSR count). The van der Waals surface area contributed by atoms with Gasteiger partial charge >= 0.3 is 0 Å². The molecule has 3 nitrogen and oxygen atoms in total. The van der Waals surface area contributed by atoms with Crippen molar-refractivity contribution < 1.29 is 9.53 Å². The lowest BCUT2D eigenvalue weighted by Gasteiger charge is -2.09. The summed E-state index contributed by atoms with van der Waals surface area (Å²) in [5.41, 5.74) is 2.79. The van der Waals surface area contributed by atoms with Crippen LogP contribution in [-0.2, 0) is 7.05 Å². The number of hydrogen-bond donors (Lipinski definition) is 0. The number of aldehydes is 1. The molecule has 0 saturated heterocycles. The van der Waals surface area contributed by atoms with Gasteiger partial charge in [-0.1, -0.05) is 0 Å². The van der Waals surface area contributed by atoms with Crippen molar-refractivity contribution >= 4 is 17.2 Å². The van der Waals surface area contributed by atoms with Crippen LogP contribution in [0.3, 0.4) is 0 Å². The summed E-state index contributed by atoms with van der Waals surface area (Å²) < 4.78 is 7.58. The highest BCUT2D eigenvalue weighted by atomic mass is 16.5. The minimum Gasteiger partial charge on any atom is -0.491 e. The van der Waals surface area contributed by atoms with Gasteiger partial charge in [-0.15, -0.1) is 0 Å². The SMILES string of the molecule is Cc1c(C=O)n(C)c2ccc(OC(C)C)cc12. The van der Waals surface area contributed by atoms with E-state index in [1.807, 2.05) is 50.6 Å². The Bertz CT molecular complexity index is 567. The summed E-state index contributed by atoms with van der Waals surface area (Å²) in [4.78, 5) is 11.0. The summed E-state index contributed by atoms with van der Waals surface area (Å²) in [6.07, 6.45) is 1.06. The topological polar surface area (TPSA) is 31.2 Å². The standard InChI is InChI=1S/C14H17NO2/c1-9(2)17-11-5-6-13-12(7-11)10(3)14(8-16)15(13)4/h5-9H,1-4H3. The number of aromatic nitrogens is 1. The minimum atomic E-state index is 0.155. The van der Waals surface area contributed by atoms with Crippen molar-refractivity contribution in [1.29, 1.82) is 0 Å². The molecule has 0 aliphatic rings. The van der Waals surface area contributed by atoms with Crippen molar-refractivity contribution in [3.8, 4) is 5.75 Å². The zero-order chi connectivity index (χ0) is 12.6. The third-order valence-corrected chi connectivity index (χ3v) is 2.96. The van der Waals surface area contributed by atoms with Crippen LogP contribution in [0, 0.1) is 6.92 Å². The van der Waals surface area contributed by atoms with Crippen LogP contribution in [0.2, 0.25) is 0 Å². The molecule has 0 atom stereocenters. The van der Waals surface area contributed by atoms with Crippen molar-refractivity contribution in [2.24, 2.45) is 7.05 Å². The van der Waals surface area contributed by atoms with Crippen LogP contribution < -0.4 is 4.74 Å². The second-order valence-electron chi connectivity index (χ2n) is 4.53. The monoisotopic (exact) mass is 231 g/mol. The maximum atomic E-state index is 11.0. The van der Waals surface area contributed by atoms with E-state index in [9.17, 15) is 4.79 Å². The fourth-order valence-corrected chi connectivity index (χ4v) is 2.14. The van der Waals surface area contributed by atoms with E-state index >= 15 is 0 Å². The van der Waals surface area contributed by atoms with Gasteiger partial charge in [-0.05, 0) is 44.5 Å². The van der Waals surface area contributed by atoms with E-state index < -0.39 is 0 Å². The summed E-state index contributed by atoms with van der Waals surface area (Å²) >= 11 is 0. The fourth-order valence-electron chi connectivity index (χ4n) is 2.14. The normalized spacial score (nSPS) is 11.1. The maximum Gasteiger partial charge on any atom is 0.166 e. The third kappa shape index (κ3) is 1.93. The molecule has 17 heavy (non-hydrogen) atoms. The quantitative estimate of drug-likeness (QED) is 0.760. The molecule has 90 valence electrons. The van der Waals surface area contributed by atoms with Crippen molar-refractivity contribution in [2.45, 2.75) is 26.9 Å². The Morgan fingerprint density at radius 2 is 2.06 bits per heavy atom. The zero-order valence-corrected chi connectivity index (χ0v) is 10.7. The van der Waals surface area contributed by atoms with Gasteiger partial charge in [0, 0.05) is 18.0 Å². The first-order valence-electron chi connectivity index (χ1n) is 5.75. The Labute approximate surface area is 101 Å². The predicted octanol–water partition coefficient (Wildman–Crippen LogP) is 3.09. The Morgan fingerprint density at radius 1 is 1.35 bits per heavy atom. The molecule has 0 radical (unpaired) electrons. The largest absolute Gasteiger partial charge is 0.491 e. The predicted molar refractivity (Wildman–Crippen MR) is 68.8 cm³/mol. The molecular weight excluding hydrogens is 214 g/mol. The molecule has 0 fully saturated rings. The van der Waals surface area contributed by atoms with Crippen LogP contribution in [0.5, 0.6) is 5.75 Å². The van der Waals surface area contributed by atoms with Crippen molar-refractivity contribution in [3.05, 3.63) is 29.5 Å². The maximum absolute atomic E-state index is 11.0. The molecule has 0 saturated carbocycles. The van der Waals surface area contributed by atoms with E-state index in [1.165, 1.54) is 0 Å². The van der Waals surface area contributed by atoms with Crippen molar-refractivity contribution in [2.75, 3.05) is 0 Å². The smallest absolute Gasteiger partial charge is 0.166 e. The molecule has 0 aliphatic carbocycles. The third-order valence-electron chi connectivity index (χ3n) is 2.96. The van der Waals surface area contributed by atoms with Gasteiger partial charge in [-0.3, -0.25) is 4.79 Å². The van der Waals surface area contributed by atoms with E-state index in [-0.39, 0.29) is 6.10 Å². The van der Waals surface area contributed by atoms with Gasteiger partial charge in [0.2, 0.25) is 0 Å². The van der Waals surface area contributed by atoms with Crippen molar-refractivity contribution in [1.82, 2.24) is 4.57 Å². The van der Waals surface area contributed by atoms with Gasteiger partial charge in [0.05, 0.1) is 11.8 Å². The van der Waals surface area contributed by atoms with Gasteiger partial charge < -0.3 is 9.30 Å². The second kappa shape index (κ2) is 4.24. The van der Waals surface area contributed by atoms with Crippen molar-refractivity contribution in [3.63, 3.8) is 0 Å². The first-order valence-corrected chi connectivity index (χ1v) is 5.75. The molecule has 0 N–H and O–H groups in total. The summed E-state index contributed by atoms with van der Waals surface area (Å²) in [5.74, 6) is 0.846. The lowest BCUT2D eigenvalue weighted by Crippen LogP contribution is -2.05. The van der Waals surface area contributed by atoms with Crippen LogP contribution in [0.1, 0.15) is 29.9 Å². The summed E-state index contributed by atoms with van der Waals surface area (Å²) in [7, 11) is 1.90. The zero-order valence-electron chi connectivity index (χ0n) is 10.7. The first kappa shape index (κ1) is 11.7. The molecule has 0 aliphatic heterocycles. The van der Waals surface area contributed by atoms with E-state index in [2.05, 4.69) is 0 Å². The summed E-state index contributed by atoms with van der Waals surface area (Å²) in [6, 6.07) is 5.93. The number of rotatable bonds is 3. The van der Waals surface area contributed by atoms with Crippen LogP contribution in [0.15, 0.2) is 18.2 Å². The highest BCUT2D eigenvalue weighted by Gasteiger charge is 2.11. The van der Waals surface area contributed by atoms with Gasteiger partial charge in [0.1, 0.15) is 5.75 Å². The number of benzene rings is 1. The average Bonchev–Trinajstić information content (AvgIpc) is 2.50. The minimum absolute atomic E-state index is 0.155. The summed E-state index contributed by atoms with van der Waals surface area (Å²) in [5, 5.41) is 1.08. The van der Waals surface area contributed by atoms with Gasteiger partial charge in [-0.25, -0.2) is 0 Å². The van der Waals surface area contributed by atoms with Crippen LogP contribution in [0.4, 0.5) is 0 Å². The van der Waals surface area contributed by atoms with E-state index in [1.54, 1.807) is 0 Å². The Hall–Kier alpha value is -1.77. The van der Waals surface area contributed by atoms with Gasteiger partial charge in [-0.2, -0.15) is 0 Å². The molecular formula is C14H17NO2. The van der Waals surface area contributed by atoms with E-state index in [4.69, 9.17) is 4.74 Å². The van der Waals surface area contributed by atoms with Crippen LogP contribution in [0.25, 0.3) is 10.9 Å². The number of aryl methyl sites for hydroxylation is 2. The molecule has 1 aromatic heterocycles. The van der Waals surface area contributed by atoms with Crippen LogP contribution >= 0.6 is 0 Å². The molecule has 0 unspecified atom stereocenters. The molecule has 1 aromatic carbocycles. The number of carbonyl (C=O) groups is 1. The van der Waals surface area contributed by atoms with E-state index in [0.717, 1.165) is 34.2 Å².